The van der Waals surface area contributed by atoms with E-state index in [4.69, 9.17) is 0 Å². The van der Waals surface area contributed by atoms with Crippen LogP contribution in [0.15, 0.2) is 28.7 Å². The van der Waals surface area contributed by atoms with Crippen LogP contribution >= 0.6 is 15.9 Å². The number of carboxylic acid groups (broad SMARTS) is 1. The molecule has 0 saturated carbocycles. The summed E-state index contributed by atoms with van der Waals surface area (Å²) < 4.78 is 0.934. The summed E-state index contributed by atoms with van der Waals surface area (Å²) in [6, 6.07) is 7.40. The lowest BCUT2D eigenvalue weighted by atomic mass is 9.91. The van der Waals surface area contributed by atoms with Gasteiger partial charge in [-0.15, -0.1) is 0 Å². The zero-order chi connectivity index (χ0) is 13.9. The molecule has 0 radical (unpaired) electrons. The largest absolute Gasteiger partial charge is 0.479 e. The first-order valence-electron chi connectivity index (χ1n) is 5.49. The van der Waals surface area contributed by atoms with Gasteiger partial charge in [0, 0.05) is 24.9 Å². The van der Waals surface area contributed by atoms with Crippen molar-refractivity contribution in [3.8, 4) is 0 Å². The molecule has 98 valence electrons. The molecular formula is C13H16BrNO3. The van der Waals surface area contributed by atoms with E-state index in [1.165, 1.54) is 18.9 Å². The third-order valence-corrected chi connectivity index (χ3v) is 3.66. The Kier molecular flexibility index (Phi) is 4.51. The van der Waals surface area contributed by atoms with Crippen molar-refractivity contribution >= 4 is 27.8 Å². The van der Waals surface area contributed by atoms with Gasteiger partial charge in [-0.1, -0.05) is 28.1 Å². The topological polar surface area (TPSA) is 57.6 Å². The molecule has 0 heterocycles. The number of carbonyl (C=O) groups excluding carboxylic acids is 1. The van der Waals surface area contributed by atoms with Crippen molar-refractivity contribution in [2.75, 3.05) is 7.05 Å². The number of carboxylic acids is 1. The van der Waals surface area contributed by atoms with Gasteiger partial charge in [-0.2, -0.15) is 0 Å². The number of carbonyl (C=O) groups is 2. The predicted molar refractivity (Wildman–Crippen MR) is 72.3 cm³/mol. The summed E-state index contributed by atoms with van der Waals surface area (Å²) in [5, 5.41) is 9.36. The molecule has 5 heteroatoms. The summed E-state index contributed by atoms with van der Waals surface area (Å²) in [7, 11) is 1.51. The monoisotopic (exact) mass is 313 g/mol. The van der Waals surface area contributed by atoms with E-state index < -0.39 is 11.5 Å². The van der Waals surface area contributed by atoms with E-state index in [1.807, 2.05) is 24.3 Å². The van der Waals surface area contributed by atoms with E-state index in [9.17, 15) is 14.7 Å². The highest BCUT2D eigenvalue weighted by Crippen LogP contribution is 2.21. The van der Waals surface area contributed by atoms with E-state index in [2.05, 4.69) is 15.9 Å². The number of rotatable bonds is 4. The second kappa shape index (κ2) is 5.52. The molecule has 0 spiro atoms. The molecule has 1 rings (SSSR count). The maximum Gasteiger partial charge on any atom is 0.329 e. The van der Waals surface area contributed by atoms with Crippen LogP contribution in [0.5, 0.6) is 0 Å². The van der Waals surface area contributed by atoms with Crippen LogP contribution in [0, 0.1) is 0 Å². The van der Waals surface area contributed by atoms with Crippen LogP contribution in [0.25, 0.3) is 0 Å². The Morgan fingerprint density at radius 3 is 2.22 bits per heavy atom. The fraction of sp³-hybridized carbons (Fsp3) is 0.385. The van der Waals surface area contributed by atoms with Crippen LogP contribution in [0.3, 0.4) is 0 Å². The number of nitrogens with zero attached hydrogens (tertiary/aromatic N) is 1. The van der Waals surface area contributed by atoms with Crippen LogP contribution in [-0.2, 0) is 16.0 Å². The molecule has 4 nitrogen and oxygen atoms in total. The van der Waals surface area contributed by atoms with Crippen molar-refractivity contribution in [2.45, 2.75) is 25.8 Å². The lowest BCUT2D eigenvalue weighted by Gasteiger charge is -2.34. The Labute approximate surface area is 115 Å². The maximum atomic E-state index is 11.4. The lowest BCUT2D eigenvalue weighted by molar-refractivity contribution is -0.155. The number of amides is 1. The van der Waals surface area contributed by atoms with Gasteiger partial charge in [-0.25, -0.2) is 4.79 Å². The van der Waals surface area contributed by atoms with Gasteiger partial charge in [0.1, 0.15) is 5.54 Å². The Morgan fingerprint density at radius 1 is 1.33 bits per heavy atom. The van der Waals surface area contributed by atoms with E-state index >= 15 is 0 Å². The zero-order valence-corrected chi connectivity index (χ0v) is 12.2. The number of aliphatic carboxylic acids is 1. The highest BCUT2D eigenvalue weighted by molar-refractivity contribution is 9.10. The summed E-state index contributed by atoms with van der Waals surface area (Å²) in [6.45, 7) is 2.92. The molecule has 1 amide bonds. The van der Waals surface area contributed by atoms with E-state index in [0.29, 0.717) is 0 Å². The molecule has 0 aliphatic heterocycles. The molecule has 0 fully saturated rings. The van der Waals surface area contributed by atoms with Crippen molar-refractivity contribution in [3.63, 3.8) is 0 Å². The minimum Gasteiger partial charge on any atom is -0.479 e. The van der Waals surface area contributed by atoms with E-state index in [0.717, 1.165) is 10.0 Å². The summed E-state index contributed by atoms with van der Waals surface area (Å²) in [6.07, 6.45) is 0.270. The Morgan fingerprint density at radius 2 is 1.83 bits per heavy atom. The predicted octanol–water partition coefficient (Wildman–Crippen LogP) is 2.31. The van der Waals surface area contributed by atoms with Crippen LogP contribution in [0.4, 0.5) is 0 Å². The van der Waals surface area contributed by atoms with Crippen molar-refractivity contribution in [3.05, 3.63) is 34.3 Å². The first-order chi connectivity index (χ1) is 8.27. The zero-order valence-electron chi connectivity index (χ0n) is 10.6. The highest BCUT2D eigenvalue weighted by atomic mass is 79.9. The van der Waals surface area contributed by atoms with Crippen molar-refractivity contribution in [1.29, 1.82) is 0 Å². The quantitative estimate of drug-likeness (QED) is 0.928. The number of hydrogen-bond donors (Lipinski definition) is 1. The second-order valence-electron chi connectivity index (χ2n) is 4.46. The first-order valence-corrected chi connectivity index (χ1v) is 6.29. The van der Waals surface area contributed by atoms with Crippen LogP contribution in [0.1, 0.15) is 19.4 Å². The van der Waals surface area contributed by atoms with Gasteiger partial charge in [0.05, 0.1) is 0 Å². The number of benzene rings is 1. The number of likely N-dealkylation sites (N-methyl/N-ethyl adjacent to an activating group) is 1. The fourth-order valence-electron chi connectivity index (χ4n) is 1.68. The Balaban J connectivity index is 3.03. The first kappa shape index (κ1) is 14.7. The van der Waals surface area contributed by atoms with Crippen LogP contribution < -0.4 is 0 Å². The third kappa shape index (κ3) is 3.10. The van der Waals surface area contributed by atoms with Gasteiger partial charge >= 0.3 is 5.97 Å². The highest BCUT2D eigenvalue weighted by Gasteiger charge is 2.39. The minimum atomic E-state index is -1.24. The molecule has 1 unspecified atom stereocenters. The van der Waals surface area contributed by atoms with Crippen LogP contribution in [0.2, 0.25) is 0 Å². The average Bonchev–Trinajstić information content (AvgIpc) is 2.30. The molecule has 0 saturated heterocycles. The van der Waals surface area contributed by atoms with Gasteiger partial charge in [0.25, 0.3) is 0 Å². The lowest BCUT2D eigenvalue weighted by Crippen LogP contribution is -2.54. The molecule has 1 aromatic rings. The SMILES string of the molecule is CC(=O)N(C)C(C)(Cc1ccc(Br)cc1)C(=O)O. The standard InChI is InChI=1S/C13H16BrNO3/c1-9(16)15(3)13(2,12(17)18)8-10-4-6-11(14)7-5-10/h4-7H,8H2,1-3H3,(H,17,18). The van der Waals surface area contributed by atoms with Gasteiger partial charge in [0.2, 0.25) is 5.91 Å². The Bertz CT molecular complexity index is 458. The molecule has 0 aliphatic carbocycles. The van der Waals surface area contributed by atoms with E-state index in [-0.39, 0.29) is 12.3 Å². The Hall–Kier alpha value is -1.36. The number of halogens is 1. The van der Waals surface area contributed by atoms with Gasteiger partial charge in [-0.3, -0.25) is 4.79 Å². The molecule has 0 aromatic heterocycles. The summed E-state index contributed by atoms with van der Waals surface area (Å²) >= 11 is 3.33. The molecule has 18 heavy (non-hydrogen) atoms. The van der Waals surface area contributed by atoms with Crippen molar-refractivity contribution in [1.82, 2.24) is 4.90 Å². The maximum absolute atomic E-state index is 11.4. The minimum absolute atomic E-state index is 0.267. The second-order valence-corrected chi connectivity index (χ2v) is 5.38. The van der Waals surface area contributed by atoms with Gasteiger partial charge in [-0.05, 0) is 24.6 Å². The normalized spacial score (nSPS) is 13.8. The number of hydrogen-bond acceptors (Lipinski definition) is 2. The summed E-state index contributed by atoms with van der Waals surface area (Å²) in [4.78, 5) is 24.1. The molecular weight excluding hydrogens is 298 g/mol. The van der Waals surface area contributed by atoms with Gasteiger partial charge < -0.3 is 10.0 Å². The molecule has 0 aliphatic rings. The van der Waals surface area contributed by atoms with Crippen molar-refractivity contribution < 1.29 is 14.7 Å². The van der Waals surface area contributed by atoms with Crippen LogP contribution in [-0.4, -0.2) is 34.5 Å². The summed E-state index contributed by atoms with van der Waals surface area (Å²) in [5.41, 5.74) is -0.365. The molecule has 1 N–H and O–H groups in total. The van der Waals surface area contributed by atoms with Crippen molar-refractivity contribution in [2.24, 2.45) is 0 Å². The molecule has 0 bridgehead atoms. The van der Waals surface area contributed by atoms with E-state index in [1.54, 1.807) is 6.92 Å². The van der Waals surface area contributed by atoms with Gasteiger partial charge in [0.15, 0.2) is 0 Å². The summed E-state index contributed by atoms with van der Waals surface area (Å²) in [5.74, 6) is -1.28. The smallest absolute Gasteiger partial charge is 0.329 e. The third-order valence-electron chi connectivity index (χ3n) is 3.13. The fourth-order valence-corrected chi connectivity index (χ4v) is 1.95. The molecule has 1 atom stereocenters. The average molecular weight is 314 g/mol. The molecule has 1 aromatic carbocycles.